The topological polar surface area (TPSA) is 68.5 Å². The third-order valence-corrected chi connectivity index (χ3v) is 5.54. The number of rotatable bonds is 3. The highest BCUT2D eigenvalue weighted by atomic mass is 19.1. The number of nitrogens with zero attached hydrogens (tertiary/aromatic N) is 2. The van der Waals surface area contributed by atoms with Gasteiger partial charge in [-0.1, -0.05) is 12.1 Å². The minimum Gasteiger partial charge on any atom is -0.377 e. The molecular weight excluding hydrogens is 321 g/mol. The minimum atomic E-state index is -0.294. The predicted octanol–water partition coefficient (Wildman–Crippen LogP) is 2.48. The van der Waals surface area contributed by atoms with E-state index in [0.717, 1.165) is 43.4 Å². The molecule has 2 fully saturated rings. The van der Waals surface area contributed by atoms with E-state index in [0.29, 0.717) is 18.0 Å². The van der Waals surface area contributed by atoms with Gasteiger partial charge in [-0.2, -0.15) is 0 Å². The summed E-state index contributed by atoms with van der Waals surface area (Å²) in [5.74, 6) is -0.355. The summed E-state index contributed by atoms with van der Waals surface area (Å²) in [6.07, 6.45) is 4.22. The highest BCUT2D eigenvalue weighted by Gasteiger charge is 2.39. The number of primary amides is 1. The molecule has 2 saturated heterocycles. The first-order valence-electron chi connectivity index (χ1n) is 8.84. The van der Waals surface area contributed by atoms with E-state index in [2.05, 4.69) is 9.88 Å². The van der Waals surface area contributed by atoms with Crippen LogP contribution in [0.25, 0.3) is 10.9 Å². The summed E-state index contributed by atoms with van der Waals surface area (Å²) in [6.45, 7) is 2.32. The zero-order valence-corrected chi connectivity index (χ0v) is 14.0. The fourth-order valence-electron chi connectivity index (χ4n) is 4.25. The number of piperidine rings is 1. The zero-order chi connectivity index (χ0) is 17.4. The standard InChI is InChI=1S/C19H22FN3O2/c20-15-3-1-2-13-16(4-8-22-17(13)15)23-9-5-12(6-10-23)18-14(19(21)24)7-11-25-18/h1-4,8,12,14,18H,5-7,9-11H2,(H2,21,24)/t14-,18+/m0/s1. The van der Waals surface area contributed by atoms with Crippen molar-refractivity contribution in [2.24, 2.45) is 17.6 Å². The lowest BCUT2D eigenvalue weighted by Gasteiger charge is -2.37. The summed E-state index contributed by atoms with van der Waals surface area (Å²) in [7, 11) is 0. The summed E-state index contributed by atoms with van der Waals surface area (Å²) in [6, 6.07) is 7.02. The van der Waals surface area contributed by atoms with E-state index < -0.39 is 0 Å². The molecule has 2 aromatic rings. The summed E-state index contributed by atoms with van der Waals surface area (Å²) < 4.78 is 19.8. The first-order chi connectivity index (χ1) is 12.1. The van der Waals surface area contributed by atoms with Crippen molar-refractivity contribution in [2.75, 3.05) is 24.6 Å². The first kappa shape index (κ1) is 16.3. The van der Waals surface area contributed by atoms with Gasteiger partial charge in [0, 0.05) is 37.0 Å². The van der Waals surface area contributed by atoms with Crippen LogP contribution in [0.15, 0.2) is 30.5 Å². The molecule has 5 nitrogen and oxygen atoms in total. The molecule has 0 aliphatic carbocycles. The summed E-state index contributed by atoms with van der Waals surface area (Å²) in [5.41, 5.74) is 6.95. The Hall–Kier alpha value is -2.21. The van der Waals surface area contributed by atoms with E-state index in [1.165, 1.54) is 6.07 Å². The molecule has 2 N–H and O–H groups in total. The van der Waals surface area contributed by atoms with Crippen LogP contribution in [0, 0.1) is 17.7 Å². The first-order valence-corrected chi connectivity index (χ1v) is 8.84. The number of ether oxygens (including phenoxy) is 1. The number of aromatic nitrogens is 1. The van der Waals surface area contributed by atoms with Crippen LogP contribution >= 0.6 is 0 Å². The monoisotopic (exact) mass is 343 g/mol. The average Bonchev–Trinajstić information content (AvgIpc) is 3.12. The van der Waals surface area contributed by atoms with E-state index in [4.69, 9.17) is 10.5 Å². The fraction of sp³-hybridized carbons (Fsp3) is 0.474. The summed E-state index contributed by atoms with van der Waals surface area (Å²) >= 11 is 0. The molecule has 132 valence electrons. The molecule has 4 rings (SSSR count). The maximum absolute atomic E-state index is 14.0. The van der Waals surface area contributed by atoms with Gasteiger partial charge in [0.05, 0.1) is 12.0 Å². The number of amides is 1. The number of pyridine rings is 1. The van der Waals surface area contributed by atoms with Gasteiger partial charge >= 0.3 is 0 Å². The molecule has 0 saturated carbocycles. The number of hydrogen-bond donors (Lipinski definition) is 1. The third kappa shape index (κ3) is 2.95. The zero-order valence-electron chi connectivity index (χ0n) is 14.0. The van der Waals surface area contributed by atoms with Crippen molar-refractivity contribution in [1.29, 1.82) is 0 Å². The maximum Gasteiger partial charge on any atom is 0.223 e. The van der Waals surface area contributed by atoms with Gasteiger partial charge in [-0.15, -0.1) is 0 Å². The van der Waals surface area contributed by atoms with Crippen LogP contribution in [0.3, 0.4) is 0 Å². The molecule has 1 aromatic heterocycles. The Kier molecular flexibility index (Phi) is 4.29. The molecule has 6 heteroatoms. The molecule has 1 aromatic carbocycles. The van der Waals surface area contributed by atoms with Gasteiger partial charge in [0.1, 0.15) is 11.3 Å². The SMILES string of the molecule is NC(=O)[C@H]1CCO[C@@H]1C1CCN(c2ccnc3c(F)cccc23)CC1. The van der Waals surface area contributed by atoms with E-state index in [-0.39, 0.29) is 23.7 Å². The summed E-state index contributed by atoms with van der Waals surface area (Å²) in [5, 5.41) is 0.841. The predicted molar refractivity (Wildman–Crippen MR) is 93.7 cm³/mol. The smallest absolute Gasteiger partial charge is 0.223 e. The second-order valence-electron chi connectivity index (χ2n) is 6.92. The van der Waals surface area contributed by atoms with Gasteiger partial charge in [-0.05, 0) is 37.3 Å². The van der Waals surface area contributed by atoms with Crippen LogP contribution in [0.5, 0.6) is 0 Å². The molecule has 3 heterocycles. The lowest BCUT2D eigenvalue weighted by atomic mass is 9.84. The molecule has 25 heavy (non-hydrogen) atoms. The van der Waals surface area contributed by atoms with Gasteiger partial charge in [0.2, 0.25) is 5.91 Å². The van der Waals surface area contributed by atoms with E-state index in [9.17, 15) is 9.18 Å². The van der Waals surface area contributed by atoms with Gasteiger partial charge in [-0.3, -0.25) is 9.78 Å². The second kappa shape index (κ2) is 6.59. The molecular formula is C19H22FN3O2. The average molecular weight is 343 g/mol. The number of carbonyl (C=O) groups is 1. The molecule has 2 aliphatic rings. The minimum absolute atomic E-state index is 0.0497. The number of fused-ring (bicyclic) bond motifs is 1. The van der Waals surface area contributed by atoms with Crippen LogP contribution in [0.2, 0.25) is 0 Å². The fourth-order valence-corrected chi connectivity index (χ4v) is 4.25. The van der Waals surface area contributed by atoms with Crippen molar-refractivity contribution >= 4 is 22.5 Å². The van der Waals surface area contributed by atoms with Gasteiger partial charge in [-0.25, -0.2) is 4.39 Å². The Balaban J connectivity index is 1.51. The van der Waals surface area contributed by atoms with E-state index >= 15 is 0 Å². The molecule has 0 bridgehead atoms. The molecule has 0 unspecified atom stereocenters. The number of halogens is 1. The Labute approximate surface area is 146 Å². The van der Waals surface area contributed by atoms with Crippen molar-refractivity contribution in [3.63, 3.8) is 0 Å². The largest absolute Gasteiger partial charge is 0.377 e. The number of anilines is 1. The molecule has 2 atom stereocenters. The lowest BCUT2D eigenvalue weighted by molar-refractivity contribution is -0.124. The number of benzene rings is 1. The van der Waals surface area contributed by atoms with Crippen LogP contribution in [0.1, 0.15) is 19.3 Å². The Bertz CT molecular complexity index is 789. The van der Waals surface area contributed by atoms with Crippen molar-refractivity contribution in [3.05, 3.63) is 36.3 Å². The normalized spacial score (nSPS) is 24.8. The lowest BCUT2D eigenvalue weighted by Crippen LogP contribution is -2.42. The van der Waals surface area contributed by atoms with Crippen LogP contribution in [-0.2, 0) is 9.53 Å². The number of carbonyl (C=O) groups excluding carboxylic acids is 1. The maximum atomic E-state index is 14.0. The van der Waals surface area contributed by atoms with Crippen LogP contribution in [-0.4, -0.2) is 36.7 Å². The van der Waals surface area contributed by atoms with Crippen molar-refractivity contribution < 1.29 is 13.9 Å². The van der Waals surface area contributed by atoms with E-state index in [1.807, 2.05) is 12.1 Å². The van der Waals surface area contributed by atoms with Crippen molar-refractivity contribution in [3.8, 4) is 0 Å². The Morgan fingerprint density at radius 1 is 1.24 bits per heavy atom. The third-order valence-electron chi connectivity index (χ3n) is 5.54. The van der Waals surface area contributed by atoms with Crippen molar-refractivity contribution in [2.45, 2.75) is 25.4 Å². The van der Waals surface area contributed by atoms with E-state index in [1.54, 1.807) is 12.3 Å². The van der Waals surface area contributed by atoms with Gasteiger partial charge in [0.15, 0.2) is 0 Å². The van der Waals surface area contributed by atoms with Gasteiger partial charge < -0.3 is 15.4 Å². The quantitative estimate of drug-likeness (QED) is 0.930. The number of hydrogen-bond acceptors (Lipinski definition) is 4. The Morgan fingerprint density at radius 3 is 2.80 bits per heavy atom. The highest BCUT2D eigenvalue weighted by molar-refractivity contribution is 5.91. The molecule has 0 spiro atoms. The second-order valence-corrected chi connectivity index (χ2v) is 6.92. The molecule has 1 amide bonds. The Morgan fingerprint density at radius 2 is 2.04 bits per heavy atom. The number of para-hydroxylation sites is 1. The van der Waals surface area contributed by atoms with Crippen LogP contribution < -0.4 is 10.6 Å². The van der Waals surface area contributed by atoms with Gasteiger partial charge in [0.25, 0.3) is 0 Å². The van der Waals surface area contributed by atoms with Crippen molar-refractivity contribution in [1.82, 2.24) is 4.98 Å². The van der Waals surface area contributed by atoms with Crippen LogP contribution in [0.4, 0.5) is 10.1 Å². The number of nitrogens with two attached hydrogens (primary N) is 1. The molecule has 2 aliphatic heterocycles. The molecule has 0 radical (unpaired) electrons. The summed E-state index contributed by atoms with van der Waals surface area (Å²) in [4.78, 5) is 18.1. The highest BCUT2D eigenvalue weighted by Crippen LogP contribution is 2.35.